The van der Waals surface area contributed by atoms with E-state index in [0.717, 1.165) is 11.4 Å². The number of aromatic nitrogens is 2. The maximum Gasteiger partial charge on any atom is 0.257 e. The number of nitrogens with zero attached hydrogens (tertiary/aromatic N) is 2. The molecule has 6 heteroatoms. The molecule has 0 aliphatic heterocycles. The second-order valence-corrected chi connectivity index (χ2v) is 5.13. The van der Waals surface area contributed by atoms with Crippen molar-refractivity contribution < 1.29 is 4.79 Å². The normalized spacial score (nSPS) is 10.0. The summed E-state index contributed by atoms with van der Waals surface area (Å²) in [4.78, 5) is 19.5. The molecule has 0 bridgehead atoms. The van der Waals surface area contributed by atoms with Crippen molar-refractivity contribution in [3.8, 4) is 17.5 Å². The van der Waals surface area contributed by atoms with Gasteiger partial charge in [0.1, 0.15) is 0 Å². The van der Waals surface area contributed by atoms with Crippen LogP contribution in [0.4, 0.5) is 5.13 Å². The van der Waals surface area contributed by atoms with Crippen molar-refractivity contribution in [2.75, 3.05) is 5.32 Å². The van der Waals surface area contributed by atoms with Gasteiger partial charge in [-0.05, 0) is 30.3 Å². The van der Waals surface area contributed by atoms with Gasteiger partial charge >= 0.3 is 0 Å². The Bertz CT molecular complexity index is 814. The van der Waals surface area contributed by atoms with Gasteiger partial charge in [-0.25, -0.2) is 4.98 Å². The highest BCUT2D eigenvalue weighted by Gasteiger charge is 2.10. The second-order valence-electron chi connectivity index (χ2n) is 4.27. The molecule has 2 aromatic heterocycles. The van der Waals surface area contributed by atoms with Crippen LogP contribution in [0.25, 0.3) is 11.4 Å². The van der Waals surface area contributed by atoms with Crippen LogP contribution in [-0.4, -0.2) is 15.9 Å². The first kappa shape index (κ1) is 13.1. The highest BCUT2D eigenvalue weighted by Crippen LogP contribution is 2.23. The van der Waals surface area contributed by atoms with Crippen molar-refractivity contribution in [3.63, 3.8) is 0 Å². The van der Waals surface area contributed by atoms with Crippen LogP contribution in [0.15, 0.2) is 48.0 Å². The van der Waals surface area contributed by atoms with Crippen molar-refractivity contribution in [2.24, 2.45) is 0 Å². The molecule has 0 aliphatic rings. The fraction of sp³-hybridized carbons (Fsp3) is 0. The molecule has 0 fully saturated rings. The number of rotatable bonds is 3. The number of thiazole rings is 1. The van der Waals surface area contributed by atoms with E-state index < -0.39 is 0 Å². The van der Waals surface area contributed by atoms with Crippen molar-refractivity contribution in [1.29, 1.82) is 5.26 Å². The summed E-state index contributed by atoms with van der Waals surface area (Å²) in [6, 6.07) is 12.4. The molecule has 0 saturated carbocycles. The van der Waals surface area contributed by atoms with Gasteiger partial charge in [-0.1, -0.05) is 6.07 Å². The lowest BCUT2D eigenvalue weighted by Gasteiger charge is -2.01. The molecule has 5 nitrogen and oxygen atoms in total. The molecule has 2 N–H and O–H groups in total. The van der Waals surface area contributed by atoms with Crippen LogP contribution in [0.2, 0.25) is 0 Å². The zero-order valence-electron chi connectivity index (χ0n) is 10.8. The average Bonchev–Trinajstić information content (AvgIpc) is 3.18. The van der Waals surface area contributed by atoms with Gasteiger partial charge in [0.15, 0.2) is 5.13 Å². The number of carbonyl (C=O) groups excluding carboxylic acids is 1. The monoisotopic (exact) mass is 294 g/mol. The van der Waals surface area contributed by atoms with Gasteiger partial charge < -0.3 is 4.98 Å². The highest BCUT2D eigenvalue weighted by molar-refractivity contribution is 7.14. The minimum absolute atomic E-state index is 0.278. The number of anilines is 1. The molecule has 21 heavy (non-hydrogen) atoms. The Morgan fingerprint density at radius 3 is 3.00 bits per heavy atom. The van der Waals surface area contributed by atoms with Gasteiger partial charge in [0, 0.05) is 17.1 Å². The maximum absolute atomic E-state index is 12.1. The number of benzene rings is 1. The van der Waals surface area contributed by atoms with Gasteiger partial charge in [0.25, 0.3) is 5.91 Å². The van der Waals surface area contributed by atoms with Crippen molar-refractivity contribution in [3.05, 3.63) is 59.1 Å². The quantitative estimate of drug-likeness (QED) is 0.778. The summed E-state index contributed by atoms with van der Waals surface area (Å²) in [7, 11) is 0. The predicted molar refractivity (Wildman–Crippen MR) is 81.0 cm³/mol. The molecule has 2 heterocycles. The van der Waals surface area contributed by atoms with Gasteiger partial charge in [-0.3, -0.25) is 10.1 Å². The molecule has 1 aromatic carbocycles. The topological polar surface area (TPSA) is 81.6 Å². The van der Waals surface area contributed by atoms with E-state index in [9.17, 15) is 4.79 Å². The number of nitriles is 1. The van der Waals surface area contributed by atoms with E-state index >= 15 is 0 Å². The average molecular weight is 294 g/mol. The summed E-state index contributed by atoms with van der Waals surface area (Å²) in [6.45, 7) is 0. The number of aromatic amines is 1. The third kappa shape index (κ3) is 2.83. The summed E-state index contributed by atoms with van der Waals surface area (Å²) >= 11 is 1.35. The maximum atomic E-state index is 12.1. The zero-order chi connectivity index (χ0) is 14.7. The van der Waals surface area contributed by atoms with Gasteiger partial charge in [-0.15, -0.1) is 11.3 Å². The lowest BCUT2D eigenvalue weighted by atomic mass is 10.1. The Morgan fingerprint density at radius 1 is 1.33 bits per heavy atom. The molecule has 0 unspecified atom stereocenters. The lowest BCUT2D eigenvalue weighted by Crippen LogP contribution is -2.11. The van der Waals surface area contributed by atoms with Crippen molar-refractivity contribution >= 4 is 22.4 Å². The molecule has 0 saturated heterocycles. The van der Waals surface area contributed by atoms with Gasteiger partial charge in [0.2, 0.25) is 0 Å². The van der Waals surface area contributed by atoms with Crippen LogP contribution in [-0.2, 0) is 0 Å². The number of H-pyrrole nitrogens is 1. The summed E-state index contributed by atoms with van der Waals surface area (Å²) in [5.41, 5.74) is 2.57. The summed E-state index contributed by atoms with van der Waals surface area (Å²) in [5, 5.41) is 14.0. The van der Waals surface area contributed by atoms with Crippen LogP contribution in [0.1, 0.15) is 15.9 Å². The molecule has 0 aliphatic carbocycles. The Labute approximate surface area is 124 Å². The zero-order valence-corrected chi connectivity index (χ0v) is 11.6. The smallest absolute Gasteiger partial charge is 0.257 e. The number of hydrogen-bond acceptors (Lipinski definition) is 4. The predicted octanol–water partition coefficient (Wildman–Crippen LogP) is 3.26. The summed E-state index contributed by atoms with van der Waals surface area (Å²) in [5.74, 6) is -0.278. The number of hydrogen-bond donors (Lipinski definition) is 2. The molecule has 0 radical (unpaired) electrons. The van der Waals surface area contributed by atoms with Gasteiger partial charge in [0.05, 0.1) is 23.0 Å². The van der Waals surface area contributed by atoms with E-state index in [1.807, 2.05) is 29.8 Å². The first-order valence-corrected chi connectivity index (χ1v) is 7.05. The molecule has 102 valence electrons. The lowest BCUT2D eigenvalue weighted by molar-refractivity contribution is 0.102. The Kier molecular flexibility index (Phi) is 3.50. The molecule has 3 rings (SSSR count). The first-order valence-electron chi connectivity index (χ1n) is 6.17. The molecule has 0 atom stereocenters. The Morgan fingerprint density at radius 2 is 2.24 bits per heavy atom. The number of nitrogens with one attached hydrogen (secondary N) is 2. The molecule has 0 spiro atoms. The van der Waals surface area contributed by atoms with Crippen LogP contribution in [0.3, 0.4) is 0 Å². The van der Waals surface area contributed by atoms with Gasteiger partial charge in [-0.2, -0.15) is 5.26 Å². The highest BCUT2D eigenvalue weighted by atomic mass is 32.1. The fourth-order valence-corrected chi connectivity index (χ4v) is 2.55. The van der Waals surface area contributed by atoms with E-state index in [0.29, 0.717) is 16.3 Å². The summed E-state index contributed by atoms with van der Waals surface area (Å²) in [6.07, 6.45) is 1.82. The second kappa shape index (κ2) is 5.61. The largest absolute Gasteiger partial charge is 0.360 e. The molecular weight excluding hydrogens is 284 g/mol. The third-order valence-electron chi connectivity index (χ3n) is 2.85. The summed E-state index contributed by atoms with van der Waals surface area (Å²) < 4.78 is 0. The molecule has 3 aromatic rings. The fourth-order valence-electron chi connectivity index (χ4n) is 1.84. The van der Waals surface area contributed by atoms with E-state index in [2.05, 4.69) is 15.3 Å². The van der Waals surface area contributed by atoms with Crippen LogP contribution < -0.4 is 5.32 Å². The Balaban J connectivity index is 1.77. The number of carbonyl (C=O) groups is 1. The van der Waals surface area contributed by atoms with E-state index in [1.165, 1.54) is 11.3 Å². The van der Waals surface area contributed by atoms with Crippen LogP contribution in [0.5, 0.6) is 0 Å². The SMILES string of the molecule is N#Cc1cccc(C(=O)Nc2nc(-c3ccc[nH]3)cs2)c1. The van der Waals surface area contributed by atoms with E-state index in [-0.39, 0.29) is 5.91 Å². The van der Waals surface area contributed by atoms with Crippen LogP contribution in [0, 0.1) is 11.3 Å². The third-order valence-corrected chi connectivity index (χ3v) is 3.61. The first-order chi connectivity index (χ1) is 10.3. The van der Waals surface area contributed by atoms with Crippen LogP contribution >= 0.6 is 11.3 Å². The minimum Gasteiger partial charge on any atom is -0.360 e. The molecular formula is C15H10N4OS. The van der Waals surface area contributed by atoms with Crippen molar-refractivity contribution in [1.82, 2.24) is 9.97 Å². The Hall–Kier alpha value is -2.91. The van der Waals surface area contributed by atoms with E-state index in [1.54, 1.807) is 24.3 Å². The standard InChI is InChI=1S/C15H10N4OS/c16-8-10-3-1-4-11(7-10)14(20)19-15-18-13(9-21-15)12-5-2-6-17-12/h1-7,9,17H,(H,18,19,20). The number of amides is 1. The van der Waals surface area contributed by atoms with Crippen molar-refractivity contribution in [2.45, 2.75) is 0 Å². The van der Waals surface area contributed by atoms with E-state index in [4.69, 9.17) is 5.26 Å². The molecule has 1 amide bonds. The minimum atomic E-state index is -0.278.